The number of benzene rings is 2. The second-order valence-corrected chi connectivity index (χ2v) is 6.07. The molecule has 110 valence electrons. The molecule has 0 heterocycles. The Morgan fingerprint density at radius 3 is 2.33 bits per heavy atom. The number of rotatable bonds is 3. The molecule has 0 aromatic heterocycles. The first-order valence-corrected chi connectivity index (χ1v) is 7.52. The smallest absolute Gasteiger partial charge is 0.258 e. The maximum Gasteiger partial charge on any atom is 0.258 e. The van der Waals surface area contributed by atoms with Crippen LogP contribution in [0.25, 0.3) is 0 Å². The number of anilines is 1. The SMILES string of the molecule is Cc1ccc(F)c(C(=O)Nc2ccc(S(N)(=O)=O)cc2)c1. The van der Waals surface area contributed by atoms with E-state index in [4.69, 9.17) is 5.14 Å². The van der Waals surface area contributed by atoms with E-state index in [1.807, 2.05) is 0 Å². The van der Waals surface area contributed by atoms with Gasteiger partial charge in [-0.3, -0.25) is 4.79 Å². The molecule has 0 aliphatic rings. The molecule has 3 N–H and O–H groups in total. The zero-order chi connectivity index (χ0) is 15.6. The number of aryl methyl sites for hydroxylation is 1. The second-order valence-electron chi connectivity index (χ2n) is 4.51. The highest BCUT2D eigenvalue weighted by Crippen LogP contribution is 2.16. The van der Waals surface area contributed by atoms with E-state index in [1.165, 1.54) is 36.4 Å². The third-order valence-corrected chi connectivity index (χ3v) is 3.74. The van der Waals surface area contributed by atoms with E-state index in [1.54, 1.807) is 13.0 Å². The molecule has 0 atom stereocenters. The second kappa shape index (κ2) is 5.63. The lowest BCUT2D eigenvalue weighted by atomic mass is 10.1. The molecule has 0 spiro atoms. The summed E-state index contributed by atoms with van der Waals surface area (Å²) < 4.78 is 35.8. The summed E-state index contributed by atoms with van der Waals surface area (Å²) in [5.74, 6) is -1.24. The fourth-order valence-electron chi connectivity index (χ4n) is 1.74. The van der Waals surface area contributed by atoms with Crippen molar-refractivity contribution >= 4 is 21.6 Å². The van der Waals surface area contributed by atoms with E-state index in [0.717, 1.165) is 5.56 Å². The van der Waals surface area contributed by atoms with Crippen molar-refractivity contribution in [2.75, 3.05) is 5.32 Å². The first kappa shape index (κ1) is 15.1. The standard InChI is InChI=1S/C14H13FN2O3S/c1-9-2-7-13(15)12(8-9)14(18)17-10-3-5-11(6-4-10)21(16,19)20/h2-8H,1H3,(H,17,18)(H2,16,19,20). The van der Waals surface area contributed by atoms with E-state index >= 15 is 0 Å². The van der Waals surface area contributed by atoms with Crippen molar-refractivity contribution in [3.05, 3.63) is 59.4 Å². The third-order valence-electron chi connectivity index (χ3n) is 2.81. The van der Waals surface area contributed by atoms with Crippen LogP contribution in [0, 0.1) is 12.7 Å². The summed E-state index contributed by atoms with van der Waals surface area (Å²) in [6.45, 7) is 1.75. The number of halogens is 1. The minimum absolute atomic E-state index is 0.0674. The number of carbonyl (C=O) groups is 1. The Hall–Kier alpha value is -2.25. The quantitative estimate of drug-likeness (QED) is 0.909. The van der Waals surface area contributed by atoms with Crippen molar-refractivity contribution in [2.24, 2.45) is 5.14 Å². The lowest BCUT2D eigenvalue weighted by molar-refractivity contribution is 0.102. The van der Waals surface area contributed by atoms with Crippen LogP contribution in [0.2, 0.25) is 0 Å². The van der Waals surface area contributed by atoms with Crippen LogP contribution in [0.15, 0.2) is 47.4 Å². The number of nitrogens with two attached hydrogens (primary N) is 1. The number of carbonyl (C=O) groups excluding carboxylic acids is 1. The highest BCUT2D eigenvalue weighted by Gasteiger charge is 2.13. The normalized spacial score (nSPS) is 11.2. The molecule has 0 aliphatic heterocycles. The van der Waals surface area contributed by atoms with E-state index in [2.05, 4.69) is 5.32 Å². The van der Waals surface area contributed by atoms with Crippen LogP contribution in [0.4, 0.5) is 10.1 Å². The summed E-state index contributed by atoms with van der Waals surface area (Å²) in [5.41, 5.74) is 1.02. The average Bonchev–Trinajstić information content (AvgIpc) is 2.41. The van der Waals surface area contributed by atoms with E-state index < -0.39 is 21.7 Å². The van der Waals surface area contributed by atoms with Crippen LogP contribution in [-0.2, 0) is 10.0 Å². The molecule has 5 nitrogen and oxygen atoms in total. The van der Waals surface area contributed by atoms with Gasteiger partial charge in [0.05, 0.1) is 10.5 Å². The first-order chi connectivity index (χ1) is 9.77. The molecule has 7 heteroatoms. The molecular weight excluding hydrogens is 295 g/mol. The van der Waals surface area contributed by atoms with Gasteiger partial charge in [0.25, 0.3) is 5.91 Å². The predicted molar refractivity (Wildman–Crippen MR) is 76.9 cm³/mol. The first-order valence-electron chi connectivity index (χ1n) is 5.98. The van der Waals surface area contributed by atoms with Crippen molar-refractivity contribution in [1.29, 1.82) is 0 Å². The molecule has 2 aromatic carbocycles. The molecule has 0 unspecified atom stereocenters. The maximum atomic E-state index is 13.6. The van der Waals surface area contributed by atoms with Crippen molar-refractivity contribution in [1.82, 2.24) is 0 Å². The Labute approximate surface area is 121 Å². The lowest BCUT2D eigenvalue weighted by Crippen LogP contribution is -2.15. The summed E-state index contributed by atoms with van der Waals surface area (Å²) in [6, 6.07) is 9.50. The summed E-state index contributed by atoms with van der Waals surface area (Å²) in [4.78, 5) is 11.9. The van der Waals surface area contributed by atoms with Crippen LogP contribution < -0.4 is 10.5 Å². The molecule has 1 amide bonds. The van der Waals surface area contributed by atoms with Gasteiger partial charge in [-0.05, 0) is 43.3 Å². The van der Waals surface area contributed by atoms with E-state index in [-0.39, 0.29) is 10.5 Å². The van der Waals surface area contributed by atoms with Gasteiger partial charge >= 0.3 is 0 Å². The van der Waals surface area contributed by atoms with Crippen LogP contribution in [0.5, 0.6) is 0 Å². The summed E-state index contributed by atoms with van der Waals surface area (Å²) in [6.07, 6.45) is 0. The van der Waals surface area contributed by atoms with Gasteiger partial charge in [-0.15, -0.1) is 0 Å². The number of primary sulfonamides is 1. The number of hydrogen-bond acceptors (Lipinski definition) is 3. The predicted octanol–water partition coefficient (Wildman–Crippen LogP) is 2.03. The zero-order valence-electron chi connectivity index (χ0n) is 11.1. The van der Waals surface area contributed by atoms with Crippen LogP contribution in [-0.4, -0.2) is 14.3 Å². The van der Waals surface area contributed by atoms with Gasteiger partial charge in [-0.1, -0.05) is 11.6 Å². The van der Waals surface area contributed by atoms with E-state index in [0.29, 0.717) is 5.69 Å². The lowest BCUT2D eigenvalue weighted by Gasteiger charge is -2.07. The molecular formula is C14H13FN2O3S. The Morgan fingerprint density at radius 1 is 1.14 bits per heavy atom. The summed E-state index contributed by atoms with van der Waals surface area (Å²) in [5, 5.41) is 7.46. The van der Waals surface area contributed by atoms with E-state index in [9.17, 15) is 17.6 Å². The minimum atomic E-state index is -3.79. The third kappa shape index (κ3) is 3.65. The molecule has 0 fully saturated rings. The Kier molecular flexibility index (Phi) is 4.06. The average molecular weight is 308 g/mol. The Bertz CT molecular complexity index is 786. The Balaban J connectivity index is 2.22. The molecule has 2 aromatic rings. The number of sulfonamides is 1. The molecule has 2 rings (SSSR count). The van der Waals surface area contributed by atoms with Crippen LogP contribution >= 0.6 is 0 Å². The van der Waals surface area contributed by atoms with Crippen LogP contribution in [0.1, 0.15) is 15.9 Å². The summed E-state index contributed by atoms with van der Waals surface area (Å²) in [7, 11) is -3.79. The van der Waals surface area contributed by atoms with Crippen molar-refractivity contribution in [2.45, 2.75) is 11.8 Å². The maximum absolute atomic E-state index is 13.6. The number of nitrogens with one attached hydrogen (secondary N) is 1. The highest BCUT2D eigenvalue weighted by atomic mass is 32.2. The van der Waals surface area contributed by atoms with Gasteiger partial charge in [0.2, 0.25) is 10.0 Å². The zero-order valence-corrected chi connectivity index (χ0v) is 11.9. The Morgan fingerprint density at radius 2 is 1.76 bits per heavy atom. The van der Waals surface area contributed by atoms with Gasteiger partial charge in [0.1, 0.15) is 5.82 Å². The highest BCUT2D eigenvalue weighted by molar-refractivity contribution is 7.89. The molecule has 0 saturated carbocycles. The minimum Gasteiger partial charge on any atom is -0.322 e. The van der Waals surface area contributed by atoms with Gasteiger partial charge < -0.3 is 5.32 Å². The fourth-order valence-corrected chi connectivity index (χ4v) is 2.25. The van der Waals surface area contributed by atoms with Gasteiger partial charge in [0, 0.05) is 5.69 Å². The molecule has 0 aliphatic carbocycles. The molecule has 0 saturated heterocycles. The van der Waals surface area contributed by atoms with Gasteiger partial charge in [-0.2, -0.15) is 0 Å². The monoisotopic (exact) mass is 308 g/mol. The number of amides is 1. The molecule has 0 radical (unpaired) electrons. The van der Waals surface area contributed by atoms with Crippen LogP contribution in [0.3, 0.4) is 0 Å². The van der Waals surface area contributed by atoms with Gasteiger partial charge in [-0.25, -0.2) is 17.9 Å². The fraction of sp³-hybridized carbons (Fsp3) is 0.0714. The van der Waals surface area contributed by atoms with Crippen molar-refractivity contribution < 1.29 is 17.6 Å². The molecule has 0 bridgehead atoms. The number of hydrogen-bond donors (Lipinski definition) is 2. The molecule has 21 heavy (non-hydrogen) atoms. The topological polar surface area (TPSA) is 89.3 Å². The largest absolute Gasteiger partial charge is 0.322 e. The van der Waals surface area contributed by atoms with Crippen molar-refractivity contribution in [3.63, 3.8) is 0 Å². The summed E-state index contributed by atoms with van der Waals surface area (Å²) >= 11 is 0. The van der Waals surface area contributed by atoms with Gasteiger partial charge in [0.15, 0.2) is 0 Å². The van der Waals surface area contributed by atoms with Crippen molar-refractivity contribution in [3.8, 4) is 0 Å².